The lowest BCUT2D eigenvalue weighted by atomic mass is 10.1. The number of nitrogens with one attached hydrogen (secondary N) is 2. The monoisotopic (exact) mass is 426 g/mol. The van der Waals surface area contributed by atoms with Gasteiger partial charge in [-0.2, -0.15) is 5.10 Å². The Morgan fingerprint density at radius 2 is 1.83 bits per heavy atom. The number of hydrogen-bond acceptors (Lipinski definition) is 5. The van der Waals surface area contributed by atoms with Crippen LogP contribution in [0.2, 0.25) is 5.02 Å². The molecule has 2 aromatic carbocycles. The van der Waals surface area contributed by atoms with Crippen LogP contribution in [0.3, 0.4) is 0 Å². The van der Waals surface area contributed by atoms with Crippen molar-refractivity contribution in [3.05, 3.63) is 91.1 Å². The van der Waals surface area contributed by atoms with Crippen LogP contribution in [0.1, 0.15) is 34.8 Å². The van der Waals surface area contributed by atoms with Crippen LogP contribution in [0.15, 0.2) is 63.2 Å². The highest BCUT2D eigenvalue weighted by atomic mass is 35.5. The molecule has 8 nitrogen and oxygen atoms in total. The number of aromatic amines is 1. The van der Waals surface area contributed by atoms with Gasteiger partial charge in [0, 0.05) is 0 Å². The fourth-order valence-corrected chi connectivity index (χ4v) is 3.08. The second-order valence-electron chi connectivity index (χ2n) is 6.46. The lowest BCUT2D eigenvalue weighted by Crippen LogP contribution is -2.34. The maximum atomic E-state index is 12.4. The summed E-state index contributed by atoms with van der Waals surface area (Å²) in [5.74, 6) is -1.14. The Balaban J connectivity index is 2.05. The minimum Gasteiger partial charge on any atom is -0.493 e. The molecule has 0 spiro atoms. The van der Waals surface area contributed by atoms with Crippen LogP contribution in [0.5, 0.6) is 5.88 Å². The van der Waals surface area contributed by atoms with E-state index in [-0.39, 0.29) is 28.3 Å². The lowest BCUT2D eigenvalue weighted by Gasteiger charge is -2.12. The van der Waals surface area contributed by atoms with Gasteiger partial charge >= 0.3 is 5.69 Å². The molecule has 0 unspecified atom stereocenters. The van der Waals surface area contributed by atoms with Gasteiger partial charge in [-0.15, -0.1) is 0 Å². The summed E-state index contributed by atoms with van der Waals surface area (Å²) in [6.07, 6.45) is 0.200. The van der Waals surface area contributed by atoms with Gasteiger partial charge in [0.15, 0.2) is 0 Å². The van der Waals surface area contributed by atoms with Gasteiger partial charge in [-0.05, 0) is 37.6 Å². The maximum Gasteiger partial charge on any atom is 0.335 e. The molecule has 0 radical (unpaired) electrons. The molecule has 9 heteroatoms. The number of hydrogen-bond donors (Lipinski definition) is 3. The summed E-state index contributed by atoms with van der Waals surface area (Å²) in [6.45, 7) is 3.58. The van der Waals surface area contributed by atoms with Crippen molar-refractivity contribution in [2.45, 2.75) is 20.3 Å². The number of amides is 1. The SMILES string of the molecule is CC/C(=N\NC(=O)c1ccccc1Cl)c1c(O)n(-c2ccc(C)cc2)c(=O)[nH]c1=O. The second kappa shape index (κ2) is 8.79. The van der Waals surface area contributed by atoms with Crippen molar-refractivity contribution >= 4 is 23.2 Å². The number of aryl methyl sites for hydroxylation is 1. The summed E-state index contributed by atoms with van der Waals surface area (Å²) in [7, 11) is 0. The Hall–Kier alpha value is -3.65. The fraction of sp³-hybridized carbons (Fsp3) is 0.143. The Morgan fingerprint density at radius 3 is 2.47 bits per heavy atom. The number of rotatable bonds is 5. The van der Waals surface area contributed by atoms with Crippen molar-refractivity contribution in [2.24, 2.45) is 5.10 Å². The number of nitrogens with zero attached hydrogens (tertiary/aromatic N) is 2. The van der Waals surface area contributed by atoms with E-state index in [1.54, 1.807) is 49.4 Å². The fourth-order valence-electron chi connectivity index (χ4n) is 2.85. The maximum absolute atomic E-state index is 12.4. The number of carbonyl (C=O) groups is 1. The Morgan fingerprint density at radius 1 is 1.17 bits per heavy atom. The molecule has 1 heterocycles. The predicted octanol–water partition coefficient (Wildman–Crippen LogP) is 2.74. The highest BCUT2D eigenvalue weighted by molar-refractivity contribution is 6.33. The van der Waals surface area contributed by atoms with Gasteiger partial charge in [-0.3, -0.25) is 14.6 Å². The van der Waals surface area contributed by atoms with Crippen molar-refractivity contribution in [3.63, 3.8) is 0 Å². The number of hydrazone groups is 1. The third kappa shape index (κ3) is 4.18. The number of halogens is 1. The van der Waals surface area contributed by atoms with E-state index in [2.05, 4.69) is 15.5 Å². The third-order valence-electron chi connectivity index (χ3n) is 4.41. The number of aromatic hydroxyl groups is 1. The summed E-state index contributed by atoms with van der Waals surface area (Å²) in [4.78, 5) is 39.3. The van der Waals surface area contributed by atoms with Crippen molar-refractivity contribution in [1.29, 1.82) is 0 Å². The highest BCUT2D eigenvalue weighted by Gasteiger charge is 2.20. The standard InChI is InChI=1S/C21H19ClN4O4/c1-3-16(24-25-18(27)14-6-4-5-7-15(14)22)17-19(28)23-21(30)26(20(17)29)13-10-8-12(2)9-11-13/h4-11,29H,3H2,1-2H3,(H,25,27)(H,23,28,30)/b24-16+. The first-order valence-corrected chi connectivity index (χ1v) is 9.48. The van der Waals surface area contributed by atoms with Crippen LogP contribution in [0.4, 0.5) is 0 Å². The van der Waals surface area contributed by atoms with Gasteiger partial charge in [0.2, 0.25) is 5.88 Å². The summed E-state index contributed by atoms with van der Waals surface area (Å²) in [5.41, 5.74) is 2.16. The molecule has 0 aliphatic rings. The van der Waals surface area contributed by atoms with E-state index < -0.39 is 23.0 Å². The van der Waals surface area contributed by atoms with E-state index in [4.69, 9.17) is 11.6 Å². The topological polar surface area (TPSA) is 117 Å². The summed E-state index contributed by atoms with van der Waals surface area (Å²) in [6, 6.07) is 13.2. The van der Waals surface area contributed by atoms with E-state index >= 15 is 0 Å². The van der Waals surface area contributed by atoms with E-state index in [0.717, 1.165) is 10.1 Å². The molecule has 30 heavy (non-hydrogen) atoms. The van der Waals surface area contributed by atoms with Gasteiger partial charge in [-0.25, -0.2) is 14.8 Å². The quantitative estimate of drug-likeness (QED) is 0.429. The smallest absolute Gasteiger partial charge is 0.335 e. The van der Waals surface area contributed by atoms with E-state index in [1.807, 2.05) is 6.92 Å². The molecular weight excluding hydrogens is 408 g/mol. The molecule has 1 aromatic heterocycles. The molecule has 0 atom stereocenters. The molecule has 0 bridgehead atoms. The van der Waals surface area contributed by atoms with E-state index in [0.29, 0.717) is 5.69 Å². The van der Waals surface area contributed by atoms with Gasteiger partial charge in [0.05, 0.1) is 22.0 Å². The zero-order valence-electron chi connectivity index (χ0n) is 16.3. The Kier molecular flexibility index (Phi) is 6.17. The molecule has 0 saturated heterocycles. The average molecular weight is 427 g/mol. The average Bonchev–Trinajstić information content (AvgIpc) is 2.71. The van der Waals surface area contributed by atoms with Gasteiger partial charge < -0.3 is 5.11 Å². The van der Waals surface area contributed by atoms with Gasteiger partial charge in [0.1, 0.15) is 5.56 Å². The first-order chi connectivity index (χ1) is 14.3. The molecule has 0 saturated carbocycles. The van der Waals surface area contributed by atoms with Crippen molar-refractivity contribution < 1.29 is 9.90 Å². The van der Waals surface area contributed by atoms with Crippen molar-refractivity contribution in [1.82, 2.24) is 15.0 Å². The highest BCUT2D eigenvalue weighted by Crippen LogP contribution is 2.19. The molecule has 154 valence electrons. The Labute approximate surface area is 176 Å². The molecule has 1 amide bonds. The summed E-state index contributed by atoms with van der Waals surface area (Å²) in [5, 5.41) is 15.0. The first kappa shape index (κ1) is 21.1. The van der Waals surface area contributed by atoms with Crippen LogP contribution in [-0.4, -0.2) is 26.3 Å². The third-order valence-corrected chi connectivity index (χ3v) is 4.74. The number of H-pyrrole nitrogens is 1. The van der Waals surface area contributed by atoms with Crippen LogP contribution in [0, 0.1) is 6.92 Å². The van der Waals surface area contributed by atoms with Crippen LogP contribution < -0.4 is 16.7 Å². The molecule has 3 N–H and O–H groups in total. The molecule has 0 aliphatic carbocycles. The lowest BCUT2D eigenvalue weighted by molar-refractivity contribution is 0.0955. The summed E-state index contributed by atoms with van der Waals surface area (Å²) >= 11 is 6.01. The van der Waals surface area contributed by atoms with Crippen LogP contribution in [0.25, 0.3) is 5.69 Å². The first-order valence-electron chi connectivity index (χ1n) is 9.10. The van der Waals surface area contributed by atoms with E-state index in [1.165, 1.54) is 6.07 Å². The minimum atomic E-state index is -0.812. The number of carbonyl (C=O) groups excluding carboxylic acids is 1. The molecule has 0 aliphatic heterocycles. The van der Waals surface area contributed by atoms with Crippen molar-refractivity contribution in [2.75, 3.05) is 0 Å². The predicted molar refractivity (Wildman–Crippen MR) is 115 cm³/mol. The number of benzene rings is 2. The van der Waals surface area contributed by atoms with Gasteiger partial charge in [0.25, 0.3) is 11.5 Å². The number of aromatic nitrogens is 2. The molecule has 3 rings (SSSR count). The minimum absolute atomic E-state index is 0.0926. The van der Waals surface area contributed by atoms with E-state index in [9.17, 15) is 19.5 Å². The zero-order valence-corrected chi connectivity index (χ0v) is 17.0. The van der Waals surface area contributed by atoms with Crippen LogP contribution in [-0.2, 0) is 0 Å². The largest absolute Gasteiger partial charge is 0.493 e. The normalized spacial score (nSPS) is 11.4. The second-order valence-corrected chi connectivity index (χ2v) is 6.87. The Bertz CT molecular complexity index is 1240. The molecule has 3 aromatic rings. The van der Waals surface area contributed by atoms with Crippen molar-refractivity contribution in [3.8, 4) is 11.6 Å². The van der Waals surface area contributed by atoms with Gasteiger partial charge in [-0.1, -0.05) is 48.4 Å². The molecular formula is C21H19ClN4O4. The molecule has 0 fully saturated rings. The summed E-state index contributed by atoms with van der Waals surface area (Å²) < 4.78 is 0.969. The van der Waals surface area contributed by atoms with Crippen LogP contribution >= 0.6 is 11.6 Å². The zero-order chi connectivity index (χ0) is 21.8.